The predicted molar refractivity (Wildman–Crippen MR) is 134 cm³/mol. The molecular formula is C30H21FSi. The summed E-state index contributed by atoms with van der Waals surface area (Å²) in [6, 6.07) is 44.3. The number of benzene rings is 5. The number of hydrogen-bond acceptors (Lipinski definition) is 0. The van der Waals surface area contributed by atoms with Crippen molar-refractivity contribution >= 4 is 28.8 Å². The Kier molecular flexibility index (Phi) is 4.41. The zero-order chi connectivity index (χ0) is 21.5. The van der Waals surface area contributed by atoms with Crippen molar-refractivity contribution in [2.24, 2.45) is 0 Å². The van der Waals surface area contributed by atoms with E-state index in [4.69, 9.17) is 0 Å². The van der Waals surface area contributed by atoms with Gasteiger partial charge in [0.25, 0.3) is 0 Å². The molecule has 0 aromatic heterocycles. The van der Waals surface area contributed by atoms with Crippen LogP contribution in [0, 0.1) is 5.82 Å². The second-order valence-corrected chi connectivity index (χ2v) is 12.0. The van der Waals surface area contributed by atoms with E-state index >= 15 is 0 Å². The molecule has 0 fully saturated rings. The van der Waals surface area contributed by atoms with E-state index in [1.165, 1.54) is 37.4 Å². The standard InChI is InChI=1S/C30H21FSi/c31-23-20-18-22(19-21-23)26-15-9-16-28-27-14-7-8-17-29(27)32(30(26)28,24-10-3-1-4-11-24)25-12-5-2-6-13-25/h1-21H. The van der Waals surface area contributed by atoms with E-state index in [1.807, 2.05) is 12.1 Å². The van der Waals surface area contributed by atoms with Gasteiger partial charge in [0.1, 0.15) is 5.82 Å². The summed E-state index contributed by atoms with van der Waals surface area (Å²) in [5.41, 5.74) is 4.85. The molecule has 0 aliphatic carbocycles. The molecule has 2 heteroatoms. The molecule has 0 spiro atoms. The lowest BCUT2D eigenvalue weighted by atomic mass is 9.99. The number of fused-ring (bicyclic) bond motifs is 3. The van der Waals surface area contributed by atoms with Gasteiger partial charge in [0.15, 0.2) is 8.07 Å². The highest BCUT2D eigenvalue weighted by Gasteiger charge is 2.49. The minimum absolute atomic E-state index is 0.209. The van der Waals surface area contributed by atoms with Crippen molar-refractivity contribution in [3.63, 3.8) is 0 Å². The second-order valence-electron chi connectivity index (χ2n) is 8.26. The lowest BCUT2D eigenvalue weighted by Crippen LogP contribution is -2.73. The van der Waals surface area contributed by atoms with Gasteiger partial charge in [-0.05, 0) is 55.1 Å². The van der Waals surface area contributed by atoms with Crippen LogP contribution in [0.4, 0.5) is 4.39 Å². The zero-order valence-corrected chi connectivity index (χ0v) is 18.5. The zero-order valence-electron chi connectivity index (χ0n) is 17.5. The molecule has 5 aromatic carbocycles. The highest BCUT2D eigenvalue weighted by atomic mass is 28.3. The maximum absolute atomic E-state index is 13.8. The highest BCUT2D eigenvalue weighted by Crippen LogP contribution is 2.33. The number of rotatable bonds is 3. The maximum atomic E-state index is 13.8. The Morgan fingerprint density at radius 2 is 0.969 bits per heavy atom. The van der Waals surface area contributed by atoms with Gasteiger partial charge < -0.3 is 0 Å². The van der Waals surface area contributed by atoms with Crippen LogP contribution in [0.3, 0.4) is 0 Å². The third-order valence-electron chi connectivity index (χ3n) is 6.63. The van der Waals surface area contributed by atoms with E-state index in [-0.39, 0.29) is 5.82 Å². The molecule has 0 bridgehead atoms. The minimum atomic E-state index is -2.56. The molecular weight excluding hydrogens is 407 g/mol. The summed E-state index contributed by atoms with van der Waals surface area (Å²) in [6.45, 7) is 0. The van der Waals surface area contributed by atoms with Crippen LogP contribution in [0.1, 0.15) is 0 Å². The Balaban J connectivity index is 1.80. The Labute approximate surface area is 188 Å². The lowest BCUT2D eigenvalue weighted by molar-refractivity contribution is 0.628. The first-order valence-electron chi connectivity index (χ1n) is 10.9. The molecule has 0 nitrogen and oxygen atoms in total. The van der Waals surface area contributed by atoms with E-state index < -0.39 is 8.07 Å². The lowest BCUT2D eigenvalue weighted by Gasteiger charge is -2.32. The molecule has 1 heterocycles. The van der Waals surface area contributed by atoms with Gasteiger partial charge in [-0.1, -0.05) is 115 Å². The van der Waals surface area contributed by atoms with Crippen molar-refractivity contribution in [2.75, 3.05) is 0 Å². The molecule has 0 unspecified atom stereocenters. The molecule has 5 aromatic rings. The summed E-state index contributed by atoms with van der Waals surface area (Å²) in [5, 5.41) is 5.55. The fraction of sp³-hybridized carbons (Fsp3) is 0. The monoisotopic (exact) mass is 428 g/mol. The van der Waals surface area contributed by atoms with Crippen LogP contribution in [0.2, 0.25) is 0 Å². The van der Waals surface area contributed by atoms with Crippen LogP contribution in [0.5, 0.6) is 0 Å². The second kappa shape index (κ2) is 7.43. The van der Waals surface area contributed by atoms with E-state index in [2.05, 4.69) is 103 Å². The van der Waals surface area contributed by atoms with Gasteiger partial charge in [-0.2, -0.15) is 0 Å². The normalized spacial score (nSPS) is 13.4. The summed E-state index contributed by atoms with van der Waals surface area (Å²) in [4.78, 5) is 0. The average Bonchev–Trinajstić information content (AvgIpc) is 3.17. The summed E-state index contributed by atoms with van der Waals surface area (Å²) in [7, 11) is -2.56. The fourth-order valence-electron chi connectivity index (χ4n) is 5.37. The molecule has 32 heavy (non-hydrogen) atoms. The van der Waals surface area contributed by atoms with Crippen molar-refractivity contribution in [3.05, 3.63) is 133 Å². The largest absolute Gasteiger partial charge is 0.207 e. The van der Waals surface area contributed by atoms with Gasteiger partial charge in [0.05, 0.1) is 0 Å². The Hall–Kier alpha value is -3.75. The Morgan fingerprint density at radius 3 is 1.62 bits per heavy atom. The SMILES string of the molecule is Fc1ccc(-c2cccc3c2[Si](c2ccccc2)(c2ccccc2)c2ccccc2-3)cc1. The maximum Gasteiger partial charge on any atom is 0.181 e. The average molecular weight is 429 g/mol. The quantitative estimate of drug-likeness (QED) is 0.354. The van der Waals surface area contributed by atoms with Crippen LogP contribution < -0.4 is 20.7 Å². The first kappa shape index (κ1) is 19.0. The van der Waals surface area contributed by atoms with Crippen LogP contribution >= 0.6 is 0 Å². The molecule has 0 amide bonds. The third kappa shape index (κ3) is 2.66. The van der Waals surface area contributed by atoms with Gasteiger partial charge in [-0.25, -0.2) is 4.39 Å². The summed E-state index contributed by atoms with van der Waals surface area (Å²) < 4.78 is 13.8. The third-order valence-corrected chi connectivity index (χ3v) is 11.6. The van der Waals surface area contributed by atoms with E-state index in [0.717, 1.165) is 5.56 Å². The van der Waals surface area contributed by atoms with Crippen molar-refractivity contribution in [2.45, 2.75) is 0 Å². The van der Waals surface area contributed by atoms with Gasteiger partial charge in [0.2, 0.25) is 0 Å². The summed E-state index contributed by atoms with van der Waals surface area (Å²) >= 11 is 0. The summed E-state index contributed by atoms with van der Waals surface area (Å²) in [6.07, 6.45) is 0. The molecule has 1 aliphatic rings. The van der Waals surface area contributed by atoms with Crippen molar-refractivity contribution in [1.82, 2.24) is 0 Å². The van der Waals surface area contributed by atoms with Crippen LogP contribution in [-0.2, 0) is 0 Å². The van der Waals surface area contributed by atoms with Crippen molar-refractivity contribution in [3.8, 4) is 22.3 Å². The first-order chi connectivity index (χ1) is 15.8. The van der Waals surface area contributed by atoms with Crippen LogP contribution in [0.25, 0.3) is 22.3 Å². The Bertz CT molecular complexity index is 1370. The van der Waals surface area contributed by atoms with Crippen LogP contribution in [0.15, 0.2) is 127 Å². The first-order valence-corrected chi connectivity index (χ1v) is 12.9. The molecule has 0 saturated heterocycles. The molecule has 0 saturated carbocycles. The van der Waals surface area contributed by atoms with Crippen LogP contribution in [-0.4, -0.2) is 8.07 Å². The molecule has 6 rings (SSSR count). The molecule has 1 aliphatic heterocycles. The predicted octanol–water partition coefficient (Wildman–Crippen LogP) is 4.85. The number of hydrogen-bond donors (Lipinski definition) is 0. The highest BCUT2D eigenvalue weighted by molar-refractivity contribution is 7.22. The molecule has 0 atom stereocenters. The molecule has 152 valence electrons. The van der Waals surface area contributed by atoms with E-state index in [0.29, 0.717) is 0 Å². The Morgan fingerprint density at radius 1 is 0.438 bits per heavy atom. The number of halogens is 1. The minimum Gasteiger partial charge on any atom is -0.207 e. The topological polar surface area (TPSA) is 0 Å². The van der Waals surface area contributed by atoms with Crippen molar-refractivity contribution in [1.29, 1.82) is 0 Å². The van der Waals surface area contributed by atoms with Gasteiger partial charge in [0, 0.05) is 0 Å². The fourth-order valence-corrected chi connectivity index (χ4v) is 10.8. The van der Waals surface area contributed by atoms with Gasteiger partial charge in [-0.3, -0.25) is 0 Å². The summed E-state index contributed by atoms with van der Waals surface area (Å²) in [5.74, 6) is -0.209. The van der Waals surface area contributed by atoms with Crippen molar-refractivity contribution < 1.29 is 4.39 Å². The van der Waals surface area contributed by atoms with Gasteiger partial charge >= 0.3 is 0 Å². The molecule has 0 radical (unpaired) electrons. The van der Waals surface area contributed by atoms with E-state index in [1.54, 1.807) is 12.1 Å². The van der Waals surface area contributed by atoms with Gasteiger partial charge in [-0.15, -0.1) is 0 Å². The van der Waals surface area contributed by atoms with E-state index in [9.17, 15) is 4.39 Å². The smallest absolute Gasteiger partial charge is 0.181 e. The molecule has 0 N–H and O–H groups in total.